The molecule has 0 spiro atoms. The zero-order valence-corrected chi connectivity index (χ0v) is 12.1. The first-order chi connectivity index (χ1) is 9.15. The number of hydrogen-bond acceptors (Lipinski definition) is 3. The van der Waals surface area contributed by atoms with Gasteiger partial charge in [0.1, 0.15) is 0 Å². The van der Waals surface area contributed by atoms with Crippen LogP contribution in [0.3, 0.4) is 0 Å². The van der Waals surface area contributed by atoms with Crippen LogP contribution in [-0.4, -0.2) is 34.7 Å². The van der Waals surface area contributed by atoms with Gasteiger partial charge in [0.15, 0.2) is 5.69 Å². The summed E-state index contributed by atoms with van der Waals surface area (Å²) in [5.74, 6) is 1.38. The van der Waals surface area contributed by atoms with E-state index in [0.29, 0.717) is 23.4 Å². The molecule has 0 saturated heterocycles. The number of nitrogens with zero attached hydrogens (tertiary/aromatic N) is 2. The van der Waals surface area contributed by atoms with E-state index in [2.05, 4.69) is 10.4 Å². The van der Waals surface area contributed by atoms with Gasteiger partial charge in [-0.05, 0) is 18.8 Å². The molecule has 6 heteroatoms. The standard InChI is InChI=1S/C13H20ClN3O2/c1-17-12(19-2)7-11(16-17)13(18)15-10-6-4-3-5-9(10)8-14/h7,9-10H,3-6,8H2,1-2H3,(H,15,18). The van der Waals surface area contributed by atoms with Gasteiger partial charge in [-0.25, -0.2) is 4.68 Å². The lowest BCUT2D eigenvalue weighted by atomic mass is 9.85. The predicted octanol–water partition coefficient (Wildman–Crippen LogP) is 1.96. The average molecular weight is 286 g/mol. The maximum atomic E-state index is 12.2. The van der Waals surface area contributed by atoms with E-state index in [-0.39, 0.29) is 11.9 Å². The fourth-order valence-electron chi connectivity index (χ4n) is 2.58. The van der Waals surface area contributed by atoms with Crippen LogP contribution in [0.25, 0.3) is 0 Å². The summed E-state index contributed by atoms with van der Waals surface area (Å²) in [6, 6.07) is 1.81. The number of nitrogens with one attached hydrogen (secondary N) is 1. The topological polar surface area (TPSA) is 56.1 Å². The van der Waals surface area contributed by atoms with Gasteiger partial charge in [0.2, 0.25) is 5.88 Å². The van der Waals surface area contributed by atoms with Crippen LogP contribution in [0.4, 0.5) is 0 Å². The summed E-state index contributed by atoms with van der Waals surface area (Å²) in [5, 5.41) is 7.19. The monoisotopic (exact) mass is 285 g/mol. The summed E-state index contributed by atoms with van der Waals surface area (Å²) in [6.07, 6.45) is 4.41. The molecular weight excluding hydrogens is 266 g/mol. The van der Waals surface area contributed by atoms with E-state index in [1.165, 1.54) is 6.42 Å². The van der Waals surface area contributed by atoms with E-state index in [9.17, 15) is 4.79 Å². The zero-order chi connectivity index (χ0) is 13.8. The van der Waals surface area contributed by atoms with Crippen LogP contribution in [0, 0.1) is 5.92 Å². The second-order valence-corrected chi connectivity index (χ2v) is 5.28. The minimum absolute atomic E-state index is 0.152. The molecule has 0 radical (unpaired) electrons. The van der Waals surface area contributed by atoms with Crippen molar-refractivity contribution < 1.29 is 9.53 Å². The van der Waals surface area contributed by atoms with Gasteiger partial charge in [-0.2, -0.15) is 5.10 Å². The van der Waals surface area contributed by atoms with Crippen molar-refractivity contribution in [2.45, 2.75) is 31.7 Å². The number of carbonyl (C=O) groups excluding carboxylic acids is 1. The van der Waals surface area contributed by atoms with Gasteiger partial charge in [-0.1, -0.05) is 12.8 Å². The molecule has 0 aliphatic heterocycles. The Bertz CT molecular complexity index is 447. The van der Waals surface area contributed by atoms with Gasteiger partial charge in [0.25, 0.3) is 5.91 Å². The number of aromatic nitrogens is 2. The van der Waals surface area contributed by atoms with Gasteiger partial charge >= 0.3 is 0 Å². The molecule has 1 aromatic rings. The Hall–Kier alpha value is -1.23. The number of amides is 1. The highest BCUT2D eigenvalue weighted by molar-refractivity contribution is 6.18. The third kappa shape index (κ3) is 3.21. The molecule has 2 unspecified atom stereocenters. The SMILES string of the molecule is COc1cc(C(=O)NC2CCCCC2CCl)nn1C. The van der Waals surface area contributed by atoms with Crippen LogP contribution in [-0.2, 0) is 7.05 Å². The molecular formula is C13H20ClN3O2. The van der Waals surface area contributed by atoms with E-state index in [1.807, 2.05) is 0 Å². The highest BCUT2D eigenvalue weighted by atomic mass is 35.5. The number of aryl methyl sites for hydroxylation is 1. The van der Waals surface area contributed by atoms with Crippen molar-refractivity contribution in [2.75, 3.05) is 13.0 Å². The molecule has 106 valence electrons. The maximum Gasteiger partial charge on any atom is 0.272 e. The van der Waals surface area contributed by atoms with Crippen LogP contribution in [0.15, 0.2) is 6.07 Å². The number of carbonyl (C=O) groups is 1. The third-order valence-corrected chi connectivity index (χ3v) is 4.10. The molecule has 2 rings (SSSR count). The van der Waals surface area contributed by atoms with E-state index in [0.717, 1.165) is 19.3 Å². The fourth-order valence-corrected chi connectivity index (χ4v) is 2.95. The number of ether oxygens (including phenoxy) is 1. The molecule has 1 N–H and O–H groups in total. The summed E-state index contributed by atoms with van der Waals surface area (Å²) in [5.41, 5.74) is 0.387. The molecule has 1 heterocycles. The second kappa shape index (κ2) is 6.28. The summed E-state index contributed by atoms with van der Waals surface area (Å²) >= 11 is 5.97. The Balaban J connectivity index is 2.03. The summed E-state index contributed by atoms with van der Waals surface area (Å²) in [6.45, 7) is 0. The van der Waals surface area contributed by atoms with Crippen LogP contribution >= 0.6 is 11.6 Å². The van der Waals surface area contributed by atoms with Crippen LogP contribution in [0.2, 0.25) is 0 Å². The smallest absolute Gasteiger partial charge is 0.272 e. The van der Waals surface area contributed by atoms with E-state index >= 15 is 0 Å². The van der Waals surface area contributed by atoms with E-state index in [1.54, 1.807) is 24.9 Å². The maximum absolute atomic E-state index is 12.2. The summed E-state index contributed by atoms with van der Waals surface area (Å²) < 4.78 is 6.66. The highest BCUT2D eigenvalue weighted by Gasteiger charge is 2.27. The molecule has 1 aromatic heterocycles. The number of halogens is 1. The first kappa shape index (κ1) is 14.2. The largest absolute Gasteiger partial charge is 0.481 e. The van der Waals surface area contributed by atoms with Crippen molar-refractivity contribution in [1.29, 1.82) is 0 Å². The highest BCUT2D eigenvalue weighted by Crippen LogP contribution is 2.25. The normalized spacial score (nSPS) is 23.1. The van der Waals surface area contributed by atoms with Crippen LogP contribution < -0.4 is 10.1 Å². The molecule has 2 atom stereocenters. The first-order valence-corrected chi connectivity index (χ1v) is 7.14. The predicted molar refractivity (Wildman–Crippen MR) is 73.7 cm³/mol. The molecule has 1 aliphatic carbocycles. The van der Waals surface area contributed by atoms with Crippen molar-refractivity contribution in [1.82, 2.24) is 15.1 Å². The lowest BCUT2D eigenvalue weighted by Crippen LogP contribution is -2.43. The number of rotatable bonds is 4. The molecule has 0 aromatic carbocycles. The van der Waals surface area contributed by atoms with Crippen molar-refractivity contribution in [3.63, 3.8) is 0 Å². The van der Waals surface area contributed by atoms with Gasteiger partial charge in [-0.3, -0.25) is 4.79 Å². The molecule has 1 aliphatic rings. The lowest BCUT2D eigenvalue weighted by Gasteiger charge is -2.30. The van der Waals surface area contributed by atoms with Crippen molar-refractivity contribution >= 4 is 17.5 Å². The van der Waals surface area contributed by atoms with Crippen LogP contribution in [0.5, 0.6) is 5.88 Å². The molecule has 1 fully saturated rings. The van der Waals surface area contributed by atoms with E-state index < -0.39 is 0 Å². The zero-order valence-electron chi connectivity index (χ0n) is 11.4. The quantitative estimate of drug-likeness (QED) is 0.861. The van der Waals surface area contributed by atoms with Crippen molar-refractivity contribution in [3.05, 3.63) is 11.8 Å². The summed E-state index contributed by atoms with van der Waals surface area (Å²) in [4.78, 5) is 12.2. The summed E-state index contributed by atoms with van der Waals surface area (Å²) in [7, 11) is 3.31. The Morgan fingerprint density at radius 2 is 2.32 bits per heavy atom. The number of alkyl halides is 1. The Labute approximate surface area is 118 Å². The van der Waals surface area contributed by atoms with Gasteiger partial charge < -0.3 is 10.1 Å². The molecule has 1 amide bonds. The van der Waals surface area contributed by atoms with Crippen molar-refractivity contribution in [2.24, 2.45) is 13.0 Å². The van der Waals surface area contributed by atoms with Crippen molar-refractivity contribution in [3.8, 4) is 5.88 Å². The molecule has 0 bridgehead atoms. The number of hydrogen-bond donors (Lipinski definition) is 1. The molecule has 19 heavy (non-hydrogen) atoms. The lowest BCUT2D eigenvalue weighted by molar-refractivity contribution is 0.0905. The van der Waals surface area contributed by atoms with Gasteiger partial charge in [0.05, 0.1) is 7.11 Å². The first-order valence-electron chi connectivity index (χ1n) is 6.60. The second-order valence-electron chi connectivity index (χ2n) is 4.97. The minimum atomic E-state index is -0.152. The minimum Gasteiger partial charge on any atom is -0.481 e. The van der Waals surface area contributed by atoms with Crippen LogP contribution in [0.1, 0.15) is 36.2 Å². The van der Waals surface area contributed by atoms with E-state index in [4.69, 9.17) is 16.3 Å². The number of methoxy groups -OCH3 is 1. The Kier molecular flexibility index (Phi) is 4.69. The Morgan fingerprint density at radius 1 is 1.58 bits per heavy atom. The van der Waals surface area contributed by atoms with Gasteiger partial charge in [0, 0.05) is 25.0 Å². The average Bonchev–Trinajstić information content (AvgIpc) is 2.80. The molecule has 1 saturated carbocycles. The Morgan fingerprint density at radius 3 is 2.95 bits per heavy atom. The third-order valence-electron chi connectivity index (χ3n) is 3.70. The van der Waals surface area contributed by atoms with Gasteiger partial charge in [-0.15, -0.1) is 11.6 Å². The molecule has 5 nitrogen and oxygen atoms in total. The fraction of sp³-hybridized carbons (Fsp3) is 0.692.